The number of aryl methyl sites for hydroxylation is 1. The maximum atomic E-state index is 13.0. The zero-order valence-electron chi connectivity index (χ0n) is 14.2. The van der Waals surface area contributed by atoms with Crippen LogP contribution in [0, 0.1) is 12.3 Å². The van der Waals surface area contributed by atoms with E-state index in [0.29, 0.717) is 11.9 Å². The van der Waals surface area contributed by atoms with E-state index in [1.54, 1.807) is 0 Å². The van der Waals surface area contributed by atoms with Crippen molar-refractivity contribution in [2.75, 3.05) is 0 Å². The molecule has 120 valence electrons. The Morgan fingerprint density at radius 3 is 2.08 bits per heavy atom. The van der Waals surface area contributed by atoms with Gasteiger partial charge in [0.15, 0.2) is 12.1 Å². The molecular weight excluding hydrogens is 296 g/mol. The summed E-state index contributed by atoms with van der Waals surface area (Å²) in [7, 11) is 0. The normalized spacial score (nSPS) is 16.8. The minimum Gasteiger partial charge on any atom is -0.298 e. The highest BCUT2D eigenvalue weighted by atomic mass is 16.1. The van der Waals surface area contributed by atoms with Crippen LogP contribution in [0.4, 0.5) is 0 Å². The molecule has 0 atom stereocenters. The van der Waals surface area contributed by atoms with Crippen LogP contribution in [0.25, 0.3) is 11.1 Å². The van der Waals surface area contributed by atoms with Crippen molar-refractivity contribution in [2.24, 2.45) is 5.41 Å². The number of allylic oxidation sites excluding steroid dienone is 4. The lowest BCUT2D eigenvalue weighted by molar-refractivity contribution is -0.122. The second-order valence-electron chi connectivity index (χ2n) is 6.69. The van der Waals surface area contributed by atoms with Gasteiger partial charge in [0.1, 0.15) is 0 Å². The Kier molecular flexibility index (Phi) is 4.06. The van der Waals surface area contributed by atoms with Crippen molar-refractivity contribution in [3.8, 4) is 0 Å². The minimum atomic E-state index is -0.732. The molecular formula is C22H20O2. The van der Waals surface area contributed by atoms with Crippen molar-refractivity contribution >= 4 is 23.2 Å². The first-order chi connectivity index (χ1) is 11.4. The first-order valence-electron chi connectivity index (χ1n) is 8.04. The van der Waals surface area contributed by atoms with Gasteiger partial charge >= 0.3 is 0 Å². The Labute approximate surface area is 142 Å². The Morgan fingerprint density at radius 1 is 0.875 bits per heavy atom. The van der Waals surface area contributed by atoms with Crippen LogP contribution in [-0.4, -0.2) is 12.1 Å². The largest absolute Gasteiger partial charge is 0.298 e. The van der Waals surface area contributed by atoms with Crippen molar-refractivity contribution in [1.82, 2.24) is 0 Å². The average molecular weight is 316 g/mol. The molecule has 2 aromatic rings. The Morgan fingerprint density at radius 2 is 1.50 bits per heavy atom. The summed E-state index contributed by atoms with van der Waals surface area (Å²) < 4.78 is 0. The molecule has 0 N–H and O–H groups in total. The third-order valence-corrected chi connectivity index (χ3v) is 4.63. The molecule has 2 nitrogen and oxygen atoms in total. The summed E-state index contributed by atoms with van der Waals surface area (Å²) in [5.41, 5.74) is 4.23. The van der Waals surface area contributed by atoms with Gasteiger partial charge in [0, 0.05) is 0 Å². The number of carbonyl (C=O) groups is 2. The lowest BCUT2D eigenvalue weighted by Crippen LogP contribution is -2.31. The van der Waals surface area contributed by atoms with E-state index in [0.717, 1.165) is 16.7 Å². The number of ketones is 1. The summed E-state index contributed by atoms with van der Waals surface area (Å²) in [6.45, 7) is 5.80. The molecule has 0 fully saturated rings. The van der Waals surface area contributed by atoms with Crippen molar-refractivity contribution < 1.29 is 9.59 Å². The number of hydrogen-bond donors (Lipinski definition) is 0. The molecule has 0 heterocycles. The molecule has 0 spiro atoms. The number of aldehydes is 1. The Balaban J connectivity index is 2.25. The van der Waals surface area contributed by atoms with Gasteiger partial charge in [-0.2, -0.15) is 0 Å². The molecule has 2 aromatic carbocycles. The monoisotopic (exact) mass is 316 g/mol. The van der Waals surface area contributed by atoms with Crippen LogP contribution >= 0.6 is 0 Å². The molecule has 0 radical (unpaired) electrons. The molecule has 1 aliphatic carbocycles. The average Bonchev–Trinajstić information content (AvgIpc) is 2.59. The van der Waals surface area contributed by atoms with E-state index in [2.05, 4.69) is 0 Å². The minimum absolute atomic E-state index is 0.130. The third-order valence-electron chi connectivity index (χ3n) is 4.63. The maximum absolute atomic E-state index is 13.0. The van der Waals surface area contributed by atoms with Gasteiger partial charge in [0.05, 0.1) is 11.0 Å². The van der Waals surface area contributed by atoms with E-state index in [9.17, 15) is 9.59 Å². The first kappa shape index (κ1) is 16.1. The van der Waals surface area contributed by atoms with Crippen molar-refractivity contribution in [1.29, 1.82) is 0 Å². The molecule has 0 unspecified atom stereocenters. The fourth-order valence-electron chi connectivity index (χ4n) is 3.13. The zero-order valence-corrected chi connectivity index (χ0v) is 14.2. The van der Waals surface area contributed by atoms with E-state index in [1.807, 2.05) is 81.4 Å². The third kappa shape index (κ3) is 2.65. The fraction of sp³-hybridized carbons (Fsp3) is 0.182. The molecule has 0 bridgehead atoms. The summed E-state index contributed by atoms with van der Waals surface area (Å²) in [6.07, 6.45) is 2.68. The predicted octanol–water partition coefficient (Wildman–Crippen LogP) is 4.64. The quantitative estimate of drug-likeness (QED) is 0.610. The van der Waals surface area contributed by atoms with Crippen LogP contribution < -0.4 is 0 Å². The van der Waals surface area contributed by atoms with Crippen LogP contribution in [0.1, 0.15) is 30.5 Å². The lowest BCUT2D eigenvalue weighted by Gasteiger charge is -2.32. The Hall–Kier alpha value is -2.74. The van der Waals surface area contributed by atoms with Gasteiger partial charge < -0.3 is 0 Å². The predicted molar refractivity (Wildman–Crippen MR) is 97.4 cm³/mol. The van der Waals surface area contributed by atoms with Crippen molar-refractivity contribution in [2.45, 2.75) is 20.8 Å². The molecule has 3 rings (SSSR count). The number of benzene rings is 2. The van der Waals surface area contributed by atoms with Gasteiger partial charge in [0.2, 0.25) is 0 Å². The molecule has 0 amide bonds. The standard InChI is InChI=1S/C22H20O2/c1-15-9-11-17(12-10-15)20-13-18(16-7-5-4-6-8-16)19(14-23)21(24)22(20,2)3/h4-14H,1-3H3. The second kappa shape index (κ2) is 6.04. The van der Waals surface area contributed by atoms with E-state index in [1.165, 1.54) is 5.56 Å². The van der Waals surface area contributed by atoms with Gasteiger partial charge in [-0.05, 0) is 49.1 Å². The summed E-state index contributed by atoms with van der Waals surface area (Å²) in [5.74, 6) is -0.130. The smallest absolute Gasteiger partial charge is 0.176 e. The van der Waals surface area contributed by atoms with Crippen molar-refractivity contribution in [3.05, 3.63) is 82.9 Å². The van der Waals surface area contributed by atoms with Crippen LogP contribution in [0.5, 0.6) is 0 Å². The molecule has 2 heteroatoms. The summed E-state index contributed by atoms with van der Waals surface area (Å²) in [5, 5.41) is 0. The summed E-state index contributed by atoms with van der Waals surface area (Å²) in [6, 6.07) is 17.7. The van der Waals surface area contributed by atoms with Gasteiger partial charge in [-0.1, -0.05) is 60.2 Å². The molecule has 0 aromatic heterocycles. The van der Waals surface area contributed by atoms with E-state index in [-0.39, 0.29) is 11.4 Å². The second-order valence-corrected chi connectivity index (χ2v) is 6.69. The summed E-state index contributed by atoms with van der Waals surface area (Å²) in [4.78, 5) is 24.6. The van der Waals surface area contributed by atoms with Gasteiger partial charge in [-0.25, -0.2) is 0 Å². The number of rotatable bonds is 3. The number of hydrogen-bond acceptors (Lipinski definition) is 2. The summed E-state index contributed by atoms with van der Waals surface area (Å²) >= 11 is 0. The van der Waals surface area contributed by atoms with Crippen LogP contribution in [-0.2, 0) is 9.59 Å². The van der Waals surface area contributed by atoms with Crippen LogP contribution in [0.2, 0.25) is 0 Å². The zero-order chi connectivity index (χ0) is 17.3. The highest BCUT2D eigenvalue weighted by Gasteiger charge is 2.39. The molecule has 24 heavy (non-hydrogen) atoms. The van der Waals surface area contributed by atoms with E-state index in [4.69, 9.17) is 0 Å². The van der Waals surface area contributed by atoms with Gasteiger partial charge in [-0.3, -0.25) is 9.59 Å². The van der Waals surface area contributed by atoms with Crippen molar-refractivity contribution in [3.63, 3.8) is 0 Å². The van der Waals surface area contributed by atoms with Crippen LogP contribution in [0.3, 0.4) is 0 Å². The first-order valence-corrected chi connectivity index (χ1v) is 8.04. The van der Waals surface area contributed by atoms with E-state index < -0.39 is 5.41 Å². The lowest BCUT2D eigenvalue weighted by atomic mass is 9.69. The number of Topliss-reactive ketones (excluding diaryl/α,β-unsaturated/α-hetero) is 1. The van der Waals surface area contributed by atoms with Crippen LogP contribution in [0.15, 0.2) is 66.2 Å². The topological polar surface area (TPSA) is 34.1 Å². The SMILES string of the molecule is Cc1ccc(C2=CC(c3ccccc3)=C(C=O)C(=O)C2(C)C)cc1. The number of carbonyl (C=O) groups excluding carboxylic acids is 2. The molecule has 1 aliphatic rings. The maximum Gasteiger partial charge on any atom is 0.176 e. The fourth-order valence-corrected chi connectivity index (χ4v) is 3.13. The van der Waals surface area contributed by atoms with E-state index >= 15 is 0 Å². The Bertz CT molecular complexity index is 851. The highest BCUT2D eigenvalue weighted by molar-refractivity contribution is 6.27. The highest BCUT2D eigenvalue weighted by Crippen LogP contribution is 2.44. The van der Waals surface area contributed by atoms with Gasteiger partial charge in [0.25, 0.3) is 0 Å². The van der Waals surface area contributed by atoms with Gasteiger partial charge in [-0.15, -0.1) is 0 Å². The molecule has 0 saturated carbocycles. The molecule has 0 aliphatic heterocycles. The molecule has 0 saturated heterocycles.